The molecule has 0 unspecified atom stereocenters. The lowest BCUT2D eigenvalue weighted by molar-refractivity contribution is -0.386. The summed E-state index contributed by atoms with van der Waals surface area (Å²) in [4.78, 5) is 33.5. The Morgan fingerprint density at radius 3 is 2.61 bits per heavy atom. The molecule has 0 fully saturated rings. The Labute approximate surface area is 129 Å². The normalized spacial score (nSPS) is 12.0. The zero-order valence-corrected chi connectivity index (χ0v) is 12.0. The largest absolute Gasteiger partial charge is 0.347 e. The summed E-state index contributed by atoms with van der Waals surface area (Å²) in [6.07, 6.45) is 2.36. The molecule has 0 bridgehead atoms. The summed E-state index contributed by atoms with van der Waals surface area (Å²) in [5.41, 5.74) is -1.32. The fourth-order valence-corrected chi connectivity index (χ4v) is 2.10. The lowest BCUT2D eigenvalue weighted by Crippen LogP contribution is -2.19. The van der Waals surface area contributed by atoms with Gasteiger partial charge in [0, 0.05) is 30.3 Å². The van der Waals surface area contributed by atoms with Gasteiger partial charge in [-0.3, -0.25) is 19.7 Å². The van der Waals surface area contributed by atoms with Crippen molar-refractivity contribution in [3.8, 4) is 0 Å². The maximum absolute atomic E-state index is 13.2. The van der Waals surface area contributed by atoms with Gasteiger partial charge in [-0.25, -0.2) is 8.78 Å². The van der Waals surface area contributed by atoms with Gasteiger partial charge in [-0.2, -0.15) is 0 Å². The molecule has 1 atom stereocenters. The van der Waals surface area contributed by atoms with Crippen molar-refractivity contribution in [2.45, 2.75) is 13.5 Å². The highest BCUT2D eigenvalue weighted by Gasteiger charge is 2.19. The van der Waals surface area contributed by atoms with E-state index in [1.165, 1.54) is 16.8 Å². The first-order valence-corrected chi connectivity index (χ1v) is 6.63. The molecule has 0 aliphatic rings. The van der Waals surface area contributed by atoms with Crippen molar-refractivity contribution in [1.29, 1.82) is 0 Å². The van der Waals surface area contributed by atoms with Gasteiger partial charge in [-0.05, 0) is 18.2 Å². The third kappa shape index (κ3) is 3.65. The first kappa shape index (κ1) is 16.5. The number of rotatable bonds is 5. The van der Waals surface area contributed by atoms with Crippen molar-refractivity contribution < 1.29 is 18.5 Å². The molecule has 1 aromatic heterocycles. The highest BCUT2D eigenvalue weighted by Crippen LogP contribution is 2.15. The van der Waals surface area contributed by atoms with Crippen LogP contribution in [0.3, 0.4) is 0 Å². The first-order valence-electron chi connectivity index (χ1n) is 6.63. The van der Waals surface area contributed by atoms with Crippen LogP contribution in [0.4, 0.5) is 14.5 Å². The Balaban J connectivity index is 2.21. The van der Waals surface area contributed by atoms with Crippen molar-refractivity contribution in [3.63, 3.8) is 0 Å². The lowest BCUT2D eigenvalue weighted by atomic mass is 9.99. The molecule has 1 heterocycles. The van der Waals surface area contributed by atoms with E-state index in [0.29, 0.717) is 0 Å². The van der Waals surface area contributed by atoms with Gasteiger partial charge in [0.25, 0.3) is 5.43 Å². The number of carbonyl (C=O) groups is 1. The summed E-state index contributed by atoms with van der Waals surface area (Å²) >= 11 is 0. The zero-order valence-electron chi connectivity index (χ0n) is 12.0. The highest BCUT2D eigenvalue weighted by molar-refractivity contribution is 5.97. The molecule has 6 nitrogen and oxygen atoms in total. The number of halogens is 2. The third-order valence-corrected chi connectivity index (χ3v) is 3.29. The maximum atomic E-state index is 13.2. The second-order valence-corrected chi connectivity index (χ2v) is 5.04. The number of benzene rings is 1. The molecule has 0 amide bonds. The summed E-state index contributed by atoms with van der Waals surface area (Å²) in [6.45, 7) is 1.60. The SMILES string of the molecule is C[C@@H](Cn1ccc(=O)c([N+](=O)[O-])c1)C(=O)c1ccc(F)c(F)c1. The van der Waals surface area contributed by atoms with Crippen LogP contribution in [0.2, 0.25) is 0 Å². The Morgan fingerprint density at radius 2 is 2.00 bits per heavy atom. The minimum absolute atomic E-state index is 0.00643. The zero-order chi connectivity index (χ0) is 17.1. The van der Waals surface area contributed by atoms with E-state index >= 15 is 0 Å². The van der Waals surface area contributed by atoms with Crippen molar-refractivity contribution in [1.82, 2.24) is 4.57 Å². The van der Waals surface area contributed by atoms with E-state index in [9.17, 15) is 28.5 Å². The van der Waals surface area contributed by atoms with Crippen LogP contribution in [0.1, 0.15) is 17.3 Å². The van der Waals surface area contributed by atoms with Gasteiger partial charge in [0.05, 0.1) is 11.1 Å². The molecular formula is C15H12F2N2O4. The number of hydrogen-bond acceptors (Lipinski definition) is 4. The Kier molecular flexibility index (Phi) is 4.63. The van der Waals surface area contributed by atoms with E-state index in [-0.39, 0.29) is 12.1 Å². The van der Waals surface area contributed by atoms with Gasteiger partial charge in [-0.1, -0.05) is 6.92 Å². The topological polar surface area (TPSA) is 82.2 Å². The van der Waals surface area contributed by atoms with Gasteiger partial charge in [0.1, 0.15) is 0 Å². The number of aromatic nitrogens is 1. The second-order valence-electron chi connectivity index (χ2n) is 5.04. The van der Waals surface area contributed by atoms with E-state index in [0.717, 1.165) is 24.4 Å². The van der Waals surface area contributed by atoms with E-state index in [1.54, 1.807) is 6.92 Å². The molecule has 0 saturated carbocycles. The van der Waals surface area contributed by atoms with Crippen molar-refractivity contribution >= 4 is 11.5 Å². The minimum atomic E-state index is -1.12. The molecule has 2 rings (SSSR count). The van der Waals surface area contributed by atoms with Crippen molar-refractivity contribution in [3.05, 3.63) is 74.2 Å². The quantitative estimate of drug-likeness (QED) is 0.481. The van der Waals surface area contributed by atoms with Crippen LogP contribution < -0.4 is 5.43 Å². The number of hydrogen-bond donors (Lipinski definition) is 0. The number of pyridine rings is 1. The standard InChI is InChI=1S/C15H12F2N2O4/c1-9(15(21)10-2-3-11(16)12(17)6-10)7-18-5-4-14(20)13(8-18)19(22)23/h2-6,8-9H,7H2,1H3/t9-/m0/s1. The molecule has 0 N–H and O–H groups in total. The highest BCUT2D eigenvalue weighted by atomic mass is 19.2. The molecule has 8 heteroatoms. The molecule has 120 valence electrons. The number of ketones is 1. The van der Waals surface area contributed by atoms with Crippen LogP contribution in [0.15, 0.2) is 41.5 Å². The van der Waals surface area contributed by atoms with E-state index in [2.05, 4.69) is 0 Å². The molecule has 0 spiro atoms. The molecular weight excluding hydrogens is 310 g/mol. The van der Waals surface area contributed by atoms with Gasteiger partial charge in [-0.15, -0.1) is 0 Å². The first-order chi connectivity index (χ1) is 10.8. The average Bonchev–Trinajstić information content (AvgIpc) is 2.50. The third-order valence-electron chi connectivity index (χ3n) is 3.29. The summed E-state index contributed by atoms with van der Waals surface area (Å²) in [5.74, 6) is -3.26. The summed E-state index contributed by atoms with van der Waals surface area (Å²) in [5, 5.41) is 10.7. The summed E-state index contributed by atoms with van der Waals surface area (Å²) in [7, 11) is 0. The van der Waals surface area contributed by atoms with Crippen LogP contribution in [-0.4, -0.2) is 15.3 Å². The minimum Gasteiger partial charge on any atom is -0.347 e. The van der Waals surface area contributed by atoms with Crippen molar-refractivity contribution in [2.24, 2.45) is 5.92 Å². The van der Waals surface area contributed by atoms with Gasteiger partial charge >= 0.3 is 5.69 Å². The van der Waals surface area contributed by atoms with Crippen LogP contribution in [-0.2, 0) is 6.54 Å². The summed E-state index contributed by atoms with van der Waals surface area (Å²) in [6, 6.07) is 3.87. The Hall–Kier alpha value is -2.90. The maximum Gasteiger partial charge on any atom is 0.332 e. The predicted molar refractivity (Wildman–Crippen MR) is 77.2 cm³/mol. The van der Waals surface area contributed by atoms with Crippen LogP contribution in [0, 0.1) is 27.7 Å². The lowest BCUT2D eigenvalue weighted by Gasteiger charge is -2.13. The molecule has 2 aromatic rings. The summed E-state index contributed by atoms with van der Waals surface area (Å²) < 4.78 is 27.4. The number of nitrogens with zero attached hydrogens (tertiary/aromatic N) is 2. The Morgan fingerprint density at radius 1 is 1.30 bits per heavy atom. The van der Waals surface area contributed by atoms with Crippen LogP contribution in [0.25, 0.3) is 0 Å². The van der Waals surface area contributed by atoms with Crippen LogP contribution >= 0.6 is 0 Å². The van der Waals surface area contributed by atoms with Gasteiger partial charge in [0.15, 0.2) is 17.4 Å². The predicted octanol–water partition coefficient (Wildman–Crippen LogP) is 2.55. The molecule has 0 aliphatic carbocycles. The molecule has 1 aromatic carbocycles. The van der Waals surface area contributed by atoms with Crippen molar-refractivity contribution in [2.75, 3.05) is 0 Å². The smallest absolute Gasteiger partial charge is 0.332 e. The van der Waals surface area contributed by atoms with Crippen LogP contribution in [0.5, 0.6) is 0 Å². The molecule has 0 saturated heterocycles. The average molecular weight is 322 g/mol. The van der Waals surface area contributed by atoms with E-state index in [1.807, 2.05) is 0 Å². The Bertz CT molecular complexity index is 832. The molecule has 0 aliphatic heterocycles. The molecule has 0 radical (unpaired) electrons. The van der Waals surface area contributed by atoms with E-state index < -0.39 is 39.4 Å². The number of nitro groups is 1. The van der Waals surface area contributed by atoms with E-state index in [4.69, 9.17) is 0 Å². The fourth-order valence-electron chi connectivity index (χ4n) is 2.10. The fraction of sp³-hybridized carbons (Fsp3) is 0.200. The monoisotopic (exact) mass is 322 g/mol. The molecule has 23 heavy (non-hydrogen) atoms. The second kappa shape index (κ2) is 6.47. The van der Waals surface area contributed by atoms with Gasteiger partial charge < -0.3 is 4.57 Å². The number of Topliss-reactive ketones (excluding diaryl/α,β-unsaturated/α-hetero) is 1. The number of carbonyl (C=O) groups excluding carboxylic acids is 1. The van der Waals surface area contributed by atoms with Gasteiger partial charge in [0.2, 0.25) is 0 Å².